The molecule has 0 fully saturated rings. The van der Waals surface area contributed by atoms with Crippen molar-refractivity contribution in [2.75, 3.05) is 0 Å². The molecular formula is C11H6BrN3O2. The maximum atomic E-state index is 10.9. The molecule has 0 bridgehead atoms. The zero-order valence-electron chi connectivity index (χ0n) is 8.44. The number of carbonyl (C=O) groups is 1. The monoisotopic (exact) mass is 291 g/mol. The normalized spacial score (nSPS) is 11.1. The second-order valence-electron chi connectivity index (χ2n) is 3.59. The number of nitrogens with one attached hydrogen (secondary N) is 1. The smallest absolute Gasteiger partial charge is 0.354 e. The van der Waals surface area contributed by atoms with Crippen molar-refractivity contribution in [3.8, 4) is 0 Å². The molecule has 0 aliphatic carbocycles. The summed E-state index contributed by atoms with van der Waals surface area (Å²) in [4.78, 5) is 22.0. The molecule has 3 aromatic heterocycles. The van der Waals surface area contributed by atoms with E-state index in [4.69, 9.17) is 5.11 Å². The van der Waals surface area contributed by atoms with E-state index in [1.165, 1.54) is 6.20 Å². The molecule has 0 atom stereocenters. The Labute approximate surface area is 104 Å². The summed E-state index contributed by atoms with van der Waals surface area (Å²) in [6.45, 7) is 0. The molecule has 0 aliphatic heterocycles. The summed E-state index contributed by atoms with van der Waals surface area (Å²) >= 11 is 3.34. The van der Waals surface area contributed by atoms with E-state index in [-0.39, 0.29) is 5.69 Å². The molecule has 3 aromatic rings. The van der Waals surface area contributed by atoms with Gasteiger partial charge in [0.1, 0.15) is 11.3 Å². The highest BCUT2D eigenvalue weighted by molar-refractivity contribution is 9.10. The Balaban J connectivity index is 2.43. The van der Waals surface area contributed by atoms with Gasteiger partial charge < -0.3 is 10.1 Å². The predicted octanol–water partition coefficient (Wildman–Crippen LogP) is 2.57. The van der Waals surface area contributed by atoms with Crippen molar-refractivity contribution in [2.45, 2.75) is 0 Å². The minimum atomic E-state index is -1.04. The average Bonchev–Trinajstić information content (AvgIpc) is 2.66. The molecule has 0 saturated carbocycles. The maximum absolute atomic E-state index is 10.9. The fraction of sp³-hybridized carbons (Fsp3) is 0. The van der Waals surface area contributed by atoms with Crippen molar-refractivity contribution in [3.05, 3.63) is 34.7 Å². The summed E-state index contributed by atoms with van der Waals surface area (Å²) in [5.74, 6) is -1.04. The van der Waals surface area contributed by atoms with Crippen LogP contribution in [0.15, 0.2) is 29.0 Å². The van der Waals surface area contributed by atoms with Gasteiger partial charge in [-0.25, -0.2) is 14.8 Å². The number of carboxylic acid groups (broad SMARTS) is 1. The minimum Gasteiger partial charge on any atom is -0.477 e. The number of hydrogen-bond acceptors (Lipinski definition) is 3. The topological polar surface area (TPSA) is 78.9 Å². The fourth-order valence-electron chi connectivity index (χ4n) is 1.77. The van der Waals surface area contributed by atoms with Crippen molar-refractivity contribution in [1.29, 1.82) is 0 Å². The molecular weight excluding hydrogens is 286 g/mol. The van der Waals surface area contributed by atoms with Gasteiger partial charge in [0.25, 0.3) is 0 Å². The summed E-state index contributed by atoms with van der Waals surface area (Å²) in [5, 5.41) is 10.6. The van der Waals surface area contributed by atoms with Crippen molar-refractivity contribution in [1.82, 2.24) is 15.0 Å². The highest BCUT2D eigenvalue weighted by Gasteiger charge is 2.10. The number of nitrogens with zero attached hydrogens (tertiary/aromatic N) is 2. The number of hydrogen-bond donors (Lipinski definition) is 2. The molecule has 0 amide bonds. The molecule has 2 N–H and O–H groups in total. The summed E-state index contributed by atoms with van der Waals surface area (Å²) < 4.78 is 0.847. The van der Waals surface area contributed by atoms with Gasteiger partial charge in [-0.15, -0.1) is 0 Å². The van der Waals surface area contributed by atoms with Crippen molar-refractivity contribution >= 4 is 43.8 Å². The molecule has 17 heavy (non-hydrogen) atoms. The van der Waals surface area contributed by atoms with E-state index < -0.39 is 5.97 Å². The molecule has 3 rings (SSSR count). The van der Waals surface area contributed by atoms with E-state index >= 15 is 0 Å². The zero-order valence-corrected chi connectivity index (χ0v) is 10.0. The number of aromatic amines is 1. The van der Waals surface area contributed by atoms with Crippen LogP contribution in [-0.2, 0) is 0 Å². The van der Waals surface area contributed by atoms with Crippen LogP contribution in [0.1, 0.15) is 10.5 Å². The molecule has 0 aromatic carbocycles. The predicted molar refractivity (Wildman–Crippen MR) is 66.1 cm³/mol. The van der Waals surface area contributed by atoms with Crippen LogP contribution in [0.25, 0.3) is 21.9 Å². The largest absolute Gasteiger partial charge is 0.477 e. The van der Waals surface area contributed by atoms with Crippen LogP contribution in [0, 0.1) is 0 Å². The Hall–Kier alpha value is -1.95. The number of halogens is 1. The zero-order chi connectivity index (χ0) is 12.0. The van der Waals surface area contributed by atoms with Gasteiger partial charge in [-0.1, -0.05) is 0 Å². The van der Waals surface area contributed by atoms with E-state index in [1.54, 1.807) is 12.3 Å². The number of aromatic carboxylic acids is 1. The van der Waals surface area contributed by atoms with Gasteiger partial charge in [-0.2, -0.15) is 0 Å². The number of H-pyrrole nitrogens is 1. The molecule has 0 spiro atoms. The van der Waals surface area contributed by atoms with Gasteiger partial charge >= 0.3 is 5.97 Å². The lowest BCUT2D eigenvalue weighted by atomic mass is 10.2. The van der Waals surface area contributed by atoms with Crippen molar-refractivity contribution < 1.29 is 9.90 Å². The number of fused-ring (bicyclic) bond motifs is 3. The third kappa shape index (κ3) is 1.57. The Morgan fingerprint density at radius 2 is 2.06 bits per heavy atom. The summed E-state index contributed by atoms with van der Waals surface area (Å²) in [6.07, 6.45) is 3.19. The first kappa shape index (κ1) is 10.2. The lowest BCUT2D eigenvalue weighted by molar-refractivity contribution is 0.0691. The minimum absolute atomic E-state index is 0.0263. The van der Waals surface area contributed by atoms with E-state index in [1.807, 2.05) is 6.07 Å². The molecule has 6 heteroatoms. The molecule has 0 saturated heterocycles. The fourth-order valence-corrected chi connectivity index (χ4v) is 2.10. The van der Waals surface area contributed by atoms with Crippen LogP contribution >= 0.6 is 15.9 Å². The van der Waals surface area contributed by atoms with Crippen LogP contribution in [0.2, 0.25) is 0 Å². The van der Waals surface area contributed by atoms with E-state index in [0.29, 0.717) is 5.65 Å². The van der Waals surface area contributed by atoms with Gasteiger partial charge in [0, 0.05) is 21.4 Å². The molecule has 0 aliphatic rings. The standard InChI is InChI=1S/C11H6BrN3O2/c12-5-1-7-6-2-8(11(16)17)13-4-9(6)15-10(7)14-3-5/h1-4H,(H,14,15)(H,16,17). The van der Waals surface area contributed by atoms with Crippen LogP contribution < -0.4 is 0 Å². The van der Waals surface area contributed by atoms with Gasteiger partial charge in [0.2, 0.25) is 0 Å². The Bertz CT molecular complexity index is 751. The molecule has 5 nitrogen and oxygen atoms in total. The quantitative estimate of drug-likeness (QED) is 0.722. The molecule has 0 radical (unpaired) electrons. The molecule has 0 unspecified atom stereocenters. The first-order chi connectivity index (χ1) is 8.15. The average molecular weight is 292 g/mol. The van der Waals surface area contributed by atoms with Gasteiger partial charge in [0.05, 0.1) is 11.7 Å². The van der Waals surface area contributed by atoms with Gasteiger partial charge in [-0.05, 0) is 28.1 Å². The Morgan fingerprint density at radius 3 is 2.82 bits per heavy atom. The Kier molecular flexibility index (Phi) is 2.12. The van der Waals surface area contributed by atoms with Crippen LogP contribution in [0.5, 0.6) is 0 Å². The van der Waals surface area contributed by atoms with E-state index in [2.05, 4.69) is 30.9 Å². The van der Waals surface area contributed by atoms with E-state index in [0.717, 1.165) is 20.8 Å². The third-order valence-electron chi connectivity index (χ3n) is 2.52. The third-order valence-corrected chi connectivity index (χ3v) is 2.95. The maximum Gasteiger partial charge on any atom is 0.354 e. The SMILES string of the molecule is O=C(O)c1cc2c(cn1)[nH]c1ncc(Br)cc12. The number of pyridine rings is 2. The Morgan fingerprint density at radius 1 is 1.24 bits per heavy atom. The van der Waals surface area contributed by atoms with Gasteiger partial charge in [0.15, 0.2) is 0 Å². The molecule has 84 valence electrons. The summed E-state index contributed by atoms with van der Waals surface area (Å²) in [7, 11) is 0. The first-order valence-electron chi connectivity index (χ1n) is 4.81. The van der Waals surface area contributed by atoms with Crippen LogP contribution in [0.3, 0.4) is 0 Å². The van der Waals surface area contributed by atoms with Crippen LogP contribution in [0.4, 0.5) is 0 Å². The number of rotatable bonds is 1. The highest BCUT2D eigenvalue weighted by Crippen LogP contribution is 2.26. The van der Waals surface area contributed by atoms with E-state index in [9.17, 15) is 4.79 Å². The summed E-state index contributed by atoms with van der Waals surface area (Å²) in [5.41, 5.74) is 1.52. The first-order valence-corrected chi connectivity index (χ1v) is 5.61. The number of aromatic nitrogens is 3. The lowest BCUT2D eigenvalue weighted by Crippen LogP contribution is -1.98. The number of carboxylic acids is 1. The van der Waals surface area contributed by atoms with Crippen LogP contribution in [-0.4, -0.2) is 26.0 Å². The molecule has 3 heterocycles. The van der Waals surface area contributed by atoms with Crippen molar-refractivity contribution in [2.24, 2.45) is 0 Å². The van der Waals surface area contributed by atoms with Crippen molar-refractivity contribution in [3.63, 3.8) is 0 Å². The second kappa shape index (κ2) is 3.53. The lowest BCUT2D eigenvalue weighted by Gasteiger charge is -1.94. The highest BCUT2D eigenvalue weighted by atomic mass is 79.9. The summed E-state index contributed by atoms with van der Waals surface area (Å²) in [6, 6.07) is 3.44. The van der Waals surface area contributed by atoms with Gasteiger partial charge in [-0.3, -0.25) is 0 Å². The second-order valence-corrected chi connectivity index (χ2v) is 4.51.